The molecule has 5 nitrogen and oxygen atoms in total. The van der Waals surface area contributed by atoms with Crippen molar-refractivity contribution in [3.05, 3.63) is 82.3 Å². The van der Waals surface area contributed by atoms with Crippen LogP contribution in [0.3, 0.4) is 0 Å². The highest BCUT2D eigenvalue weighted by atomic mass is 35.5. The van der Waals surface area contributed by atoms with Gasteiger partial charge in [0, 0.05) is 18.8 Å². The molecule has 2 aromatic carbocycles. The highest BCUT2D eigenvalue weighted by Crippen LogP contribution is 2.23. The third kappa shape index (κ3) is 3.75. The van der Waals surface area contributed by atoms with Gasteiger partial charge < -0.3 is 10.2 Å². The van der Waals surface area contributed by atoms with Crippen molar-refractivity contribution in [3.63, 3.8) is 0 Å². The van der Waals surface area contributed by atoms with E-state index in [4.69, 9.17) is 11.6 Å². The fourth-order valence-corrected chi connectivity index (χ4v) is 3.26. The Morgan fingerprint density at radius 3 is 2.63 bits per heavy atom. The standard InChI is InChI=1S/C20H16ClFN4O/c21-16-11-15(5-6-17(16)22)23-20(27)18-7-8-19(25-24-18)26-10-9-13-3-1-2-4-14(13)12-26/h1-8,11H,9-10,12H2,(H,23,27). The van der Waals surface area contributed by atoms with Crippen molar-refractivity contribution in [2.45, 2.75) is 13.0 Å². The summed E-state index contributed by atoms with van der Waals surface area (Å²) in [6.07, 6.45) is 0.950. The molecule has 136 valence electrons. The molecule has 27 heavy (non-hydrogen) atoms. The molecule has 0 spiro atoms. The average molecular weight is 383 g/mol. The van der Waals surface area contributed by atoms with Crippen LogP contribution in [0, 0.1) is 5.82 Å². The minimum Gasteiger partial charge on any atom is -0.350 e. The van der Waals surface area contributed by atoms with Crippen LogP contribution in [0.2, 0.25) is 5.02 Å². The molecule has 1 aromatic heterocycles. The Labute approximate surface area is 160 Å². The van der Waals surface area contributed by atoms with Gasteiger partial charge in [0.2, 0.25) is 0 Å². The summed E-state index contributed by atoms with van der Waals surface area (Å²) in [6, 6.07) is 15.7. The zero-order chi connectivity index (χ0) is 18.8. The van der Waals surface area contributed by atoms with Gasteiger partial charge in [0.25, 0.3) is 5.91 Å². The third-order valence-electron chi connectivity index (χ3n) is 4.52. The number of nitrogens with zero attached hydrogens (tertiary/aromatic N) is 3. The van der Waals surface area contributed by atoms with E-state index < -0.39 is 11.7 Å². The second-order valence-electron chi connectivity index (χ2n) is 6.30. The summed E-state index contributed by atoms with van der Waals surface area (Å²) in [5.41, 5.74) is 3.21. The maximum Gasteiger partial charge on any atom is 0.276 e. The molecule has 0 bridgehead atoms. The van der Waals surface area contributed by atoms with Gasteiger partial charge in [-0.15, -0.1) is 10.2 Å². The van der Waals surface area contributed by atoms with Gasteiger partial charge in [-0.25, -0.2) is 4.39 Å². The van der Waals surface area contributed by atoms with Gasteiger partial charge >= 0.3 is 0 Å². The molecular weight excluding hydrogens is 367 g/mol. The Morgan fingerprint density at radius 2 is 1.89 bits per heavy atom. The van der Waals surface area contributed by atoms with E-state index in [9.17, 15) is 9.18 Å². The molecule has 1 N–H and O–H groups in total. The van der Waals surface area contributed by atoms with Crippen molar-refractivity contribution in [3.8, 4) is 0 Å². The first-order chi connectivity index (χ1) is 13.1. The summed E-state index contributed by atoms with van der Waals surface area (Å²) in [5, 5.41) is 10.8. The van der Waals surface area contributed by atoms with E-state index in [1.165, 1.54) is 29.3 Å². The molecule has 0 aliphatic carbocycles. The Bertz CT molecular complexity index is 994. The molecule has 0 atom stereocenters. The van der Waals surface area contributed by atoms with Crippen molar-refractivity contribution in [2.24, 2.45) is 0 Å². The van der Waals surface area contributed by atoms with Crippen LogP contribution >= 0.6 is 11.6 Å². The van der Waals surface area contributed by atoms with Crippen LogP contribution in [0.25, 0.3) is 0 Å². The minimum absolute atomic E-state index is 0.0559. The molecule has 1 amide bonds. The molecule has 7 heteroatoms. The maximum absolute atomic E-state index is 13.2. The molecule has 0 unspecified atom stereocenters. The van der Waals surface area contributed by atoms with E-state index in [0.717, 1.165) is 25.3 Å². The topological polar surface area (TPSA) is 58.1 Å². The van der Waals surface area contributed by atoms with Gasteiger partial charge in [-0.3, -0.25) is 4.79 Å². The average Bonchev–Trinajstić information content (AvgIpc) is 2.70. The highest BCUT2D eigenvalue weighted by molar-refractivity contribution is 6.31. The largest absolute Gasteiger partial charge is 0.350 e. The number of amides is 1. The SMILES string of the molecule is O=C(Nc1ccc(F)c(Cl)c1)c1ccc(N2CCc3ccccc3C2)nn1. The quantitative estimate of drug-likeness (QED) is 0.741. The third-order valence-corrected chi connectivity index (χ3v) is 4.80. The van der Waals surface area contributed by atoms with Crippen LogP contribution in [0.4, 0.5) is 15.9 Å². The van der Waals surface area contributed by atoms with Crippen molar-refractivity contribution >= 4 is 29.0 Å². The molecule has 2 heterocycles. The number of aromatic nitrogens is 2. The second kappa shape index (κ2) is 7.32. The number of hydrogen-bond donors (Lipinski definition) is 1. The Balaban J connectivity index is 1.46. The van der Waals surface area contributed by atoms with Crippen LogP contribution in [-0.4, -0.2) is 22.6 Å². The van der Waals surface area contributed by atoms with Gasteiger partial charge in [-0.05, 0) is 47.9 Å². The van der Waals surface area contributed by atoms with Crippen molar-refractivity contribution in [2.75, 3.05) is 16.8 Å². The van der Waals surface area contributed by atoms with E-state index in [2.05, 4.69) is 38.6 Å². The number of fused-ring (bicyclic) bond motifs is 1. The second-order valence-corrected chi connectivity index (χ2v) is 6.71. The molecule has 0 fully saturated rings. The fourth-order valence-electron chi connectivity index (χ4n) is 3.08. The lowest BCUT2D eigenvalue weighted by Gasteiger charge is -2.29. The Morgan fingerprint density at radius 1 is 1.07 bits per heavy atom. The van der Waals surface area contributed by atoms with Crippen molar-refractivity contribution < 1.29 is 9.18 Å². The van der Waals surface area contributed by atoms with Gasteiger partial charge in [0.15, 0.2) is 11.5 Å². The van der Waals surface area contributed by atoms with E-state index in [0.29, 0.717) is 5.69 Å². The van der Waals surface area contributed by atoms with Crippen LogP contribution in [-0.2, 0) is 13.0 Å². The van der Waals surface area contributed by atoms with Crippen LogP contribution < -0.4 is 10.2 Å². The molecule has 0 radical (unpaired) electrons. The number of hydrogen-bond acceptors (Lipinski definition) is 4. The summed E-state index contributed by atoms with van der Waals surface area (Å²) in [6.45, 7) is 1.62. The van der Waals surface area contributed by atoms with Crippen LogP contribution in [0.5, 0.6) is 0 Å². The molecule has 0 saturated carbocycles. The van der Waals surface area contributed by atoms with Gasteiger partial charge in [-0.1, -0.05) is 35.9 Å². The van der Waals surface area contributed by atoms with E-state index in [1.54, 1.807) is 12.1 Å². The Hall–Kier alpha value is -2.99. The van der Waals surface area contributed by atoms with Gasteiger partial charge in [0.1, 0.15) is 5.82 Å². The molecule has 3 aromatic rings. The normalized spacial score (nSPS) is 13.2. The molecule has 1 aliphatic heterocycles. The lowest BCUT2D eigenvalue weighted by molar-refractivity contribution is 0.102. The summed E-state index contributed by atoms with van der Waals surface area (Å²) in [4.78, 5) is 14.4. The van der Waals surface area contributed by atoms with Crippen LogP contribution in [0.1, 0.15) is 21.6 Å². The smallest absolute Gasteiger partial charge is 0.276 e. The first-order valence-electron chi connectivity index (χ1n) is 8.52. The summed E-state index contributed by atoms with van der Waals surface area (Å²) in [7, 11) is 0. The zero-order valence-corrected chi connectivity index (χ0v) is 15.1. The van der Waals surface area contributed by atoms with E-state index in [1.807, 2.05) is 6.07 Å². The number of benzene rings is 2. The van der Waals surface area contributed by atoms with Crippen LogP contribution in [0.15, 0.2) is 54.6 Å². The van der Waals surface area contributed by atoms with E-state index in [-0.39, 0.29) is 10.7 Å². The summed E-state index contributed by atoms with van der Waals surface area (Å²) >= 11 is 5.73. The maximum atomic E-state index is 13.2. The number of halogens is 2. The molecule has 1 aliphatic rings. The van der Waals surface area contributed by atoms with Gasteiger partial charge in [0.05, 0.1) is 5.02 Å². The Kier molecular flexibility index (Phi) is 4.73. The number of rotatable bonds is 3. The predicted octanol–water partition coefficient (Wildman–Crippen LogP) is 4.08. The number of anilines is 2. The summed E-state index contributed by atoms with van der Waals surface area (Å²) in [5.74, 6) is -0.242. The molecule has 0 saturated heterocycles. The van der Waals surface area contributed by atoms with Crippen molar-refractivity contribution in [1.29, 1.82) is 0 Å². The lowest BCUT2D eigenvalue weighted by atomic mass is 10.00. The minimum atomic E-state index is -0.540. The van der Waals surface area contributed by atoms with Crippen molar-refractivity contribution in [1.82, 2.24) is 10.2 Å². The number of carbonyl (C=O) groups is 1. The number of carbonyl (C=O) groups excluding carboxylic acids is 1. The number of nitrogens with one attached hydrogen (secondary N) is 1. The first kappa shape index (κ1) is 17.4. The fraction of sp³-hybridized carbons (Fsp3) is 0.150. The first-order valence-corrected chi connectivity index (χ1v) is 8.90. The predicted molar refractivity (Wildman–Crippen MR) is 103 cm³/mol. The monoisotopic (exact) mass is 382 g/mol. The molecular formula is C20H16ClFN4O. The zero-order valence-electron chi connectivity index (χ0n) is 14.3. The lowest BCUT2D eigenvalue weighted by Crippen LogP contribution is -2.31. The summed E-state index contributed by atoms with van der Waals surface area (Å²) < 4.78 is 13.2. The van der Waals surface area contributed by atoms with E-state index >= 15 is 0 Å². The highest BCUT2D eigenvalue weighted by Gasteiger charge is 2.18. The molecule has 4 rings (SSSR count). The van der Waals surface area contributed by atoms with Gasteiger partial charge in [-0.2, -0.15) is 0 Å².